The quantitative estimate of drug-likeness (QED) is 0.287. The lowest BCUT2D eigenvalue weighted by molar-refractivity contribution is -0.633. The molecule has 4 aromatic rings. The van der Waals surface area contributed by atoms with E-state index in [4.69, 9.17) is 0 Å². The summed E-state index contributed by atoms with van der Waals surface area (Å²) < 4.78 is 2.39. The molecule has 0 atom stereocenters. The second-order valence-corrected chi connectivity index (χ2v) is 11.8. The van der Waals surface area contributed by atoms with Crippen molar-refractivity contribution in [2.24, 2.45) is 12.5 Å². The Balaban J connectivity index is 2.12. The van der Waals surface area contributed by atoms with Gasteiger partial charge in [-0.2, -0.15) is 4.57 Å². The Morgan fingerprint density at radius 1 is 0.750 bits per heavy atom. The van der Waals surface area contributed by atoms with Crippen LogP contribution < -0.4 is 4.57 Å². The normalized spacial score (nSPS) is 12.7. The minimum absolute atomic E-state index is 0.0691. The van der Waals surface area contributed by atoms with Gasteiger partial charge < -0.3 is 0 Å². The molecule has 0 radical (unpaired) electrons. The molecule has 1 heterocycles. The topological polar surface area (TPSA) is 3.88 Å². The first-order valence-corrected chi connectivity index (χ1v) is 11.8. The summed E-state index contributed by atoms with van der Waals surface area (Å²) in [5.41, 5.74) is 9.77. The Bertz CT molecular complexity index is 1330. The van der Waals surface area contributed by atoms with Gasteiger partial charge in [0.05, 0.1) is 0 Å². The molecule has 4 rings (SSSR count). The molecule has 32 heavy (non-hydrogen) atoms. The van der Waals surface area contributed by atoms with Crippen LogP contribution in [0, 0.1) is 19.3 Å². The highest BCUT2D eigenvalue weighted by molar-refractivity contribution is 5.95. The Morgan fingerprint density at radius 2 is 1.44 bits per heavy atom. The molecule has 0 spiro atoms. The zero-order valence-corrected chi connectivity index (χ0v) is 21.4. The standard InChI is InChI=1S/C31H38N/c1-20-14-15-24-25(16-20)21(2)26(18-27(24)31(6,7)8)29-17-22(19-30(3,4)5)23-12-10-11-13-28(23)32(29)9/h10-18H,19H2,1-9H3/q+1. The van der Waals surface area contributed by atoms with E-state index in [1.54, 1.807) is 0 Å². The zero-order chi connectivity index (χ0) is 23.4. The Morgan fingerprint density at radius 3 is 2.09 bits per heavy atom. The predicted octanol–water partition coefficient (Wildman–Crippen LogP) is 7.99. The second kappa shape index (κ2) is 7.73. The van der Waals surface area contributed by atoms with Gasteiger partial charge in [0.25, 0.3) is 0 Å². The van der Waals surface area contributed by atoms with Crippen molar-refractivity contribution < 1.29 is 4.57 Å². The number of hydrogen-bond acceptors (Lipinski definition) is 0. The van der Waals surface area contributed by atoms with E-state index in [1.807, 2.05) is 0 Å². The molecule has 0 aliphatic carbocycles. The van der Waals surface area contributed by atoms with Crippen LogP contribution in [0.1, 0.15) is 63.8 Å². The summed E-state index contributed by atoms with van der Waals surface area (Å²) in [6, 6.07) is 20.7. The third kappa shape index (κ3) is 4.06. The summed E-state index contributed by atoms with van der Waals surface area (Å²) >= 11 is 0. The van der Waals surface area contributed by atoms with E-state index >= 15 is 0 Å². The van der Waals surface area contributed by atoms with Crippen LogP contribution in [0.4, 0.5) is 0 Å². The van der Waals surface area contributed by atoms with Gasteiger partial charge in [-0.15, -0.1) is 0 Å². The summed E-state index contributed by atoms with van der Waals surface area (Å²) in [6.07, 6.45) is 1.05. The minimum Gasteiger partial charge on any atom is -0.194 e. The van der Waals surface area contributed by atoms with Gasteiger partial charge in [0.1, 0.15) is 7.05 Å². The Labute approximate surface area is 194 Å². The van der Waals surface area contributed by atoms with E-state index in [2.05, 4.69) is 122 Å². The van der Waals surface area contributed by atoms with Crippen molar-refractivity contribution in [1.29, 1.82) is 0 Å². The lowest BCUT2D eigenvalue weighted by Crippen LogP contribution is -2.33. The van der Waals surface area contributed by atoms with Gasteiger partial charge in [0.15, 0.2) is 0 Å². The van der Waals surface area contributed by atoms with E-state index in [0.717, 1.165) is 6.42 Å². The molecule has 0 fully saturated rings. The fourth-order valence-corrected chi connectivity index (χ4v) is 5.05. The third-order valence-electron chi connectivity index (χ3n) is 6.65. The average molecular weight is 425 g/mol. The monoisotopic (exact) mass is 424 g/mol. The van der Waals surface area contributed by atoms with Gasteiger partial charge >= 0.3 is 0 Å². The molecular weight excluding hydrogens is 386 g/mol. The lowest BCUT2D eigenvalue weighted by Gasteiger charge is -2.24. The van der Waals surface area contributed by atoms with Gasteiger partial charge in [-0.05, 0) is 70.7 Å². The van der Waals surface area contributed by atoms with Crippen molar-refractivity contribution in [2.45, 2.75) is 67.2 Å². The van der Waals surface area contributed by atoms with E-state index in [0.29, 0.717) is 0 Å². The molecule has 0 bridgehead atoms. The molecule has 0 aliphatic rings. The number of hydrogen-bond donors (Lipinski definition) is 0. The van der Waals surface area contributed by atoms with E-state index in [9.17, 15) is 0 Å². The first-order valence-electron chi connectivity index (χ1n) is 11.8. The van der Waals surface area contributed by atoms with E-state index in [1.165, 1.54) is 55.2 Å². The van der Waals surface area contributed by atoms with E-state index < -0.39 is 0 Å². The minimum atomic E-state index is 0.0691. The van der Waals surface area contributed by atoms with Crippen molar-refractivity contribution in [3.05, 3.63) is 76.9 Å². The van der Waals surface area contributed by atoms with Crippen LogP contribution in [-0.2, 0) is 18.9 Å². The maximum Gasteiger partial charge on any atom is 0.213 e. The second-order valence-electron chi connectivity index (χ2n) is 11.8. The van der Waals surface area contributed by atoms with Crippen LogP contribution in [0.25, 0.3) is 32.9 Å². The van der Waals surface area contributed by atoms with Gasteiger partial charge in [0.2, 0.25) is 11.2 Å². The number of para-hydroxylation sites is 1. The number of rotatable bonds is 2. The van der Waals surface area contributed by atoms with E-state index in [-0.39, 0.29) is 10.8 Å². The van der Waals surface area contributed by atoms with Gasteiger partial charge in [-0.1, -0.05) is 77.4 Å². The highest BCUT2D eigenvalue weighted by atomic mass is 14.9. The van der Waals surface area contributed by atoms with Crippen molar-refractivity contribution in [3.8, 4) is 11.3 Å². The molecule has 0 amide bonds. The van der Waals surface area contributed by atoms with Crippen LogP contribution in [-0.4, -0.2) is 0 Å². The van der Waals surface area contributed by atoms with Crippen molar-refractivity contribution >= 4 is 21.7 Å². The summed E-state index contributed by atoms with van der Waals surface area (Å²) in [6.45, 7) is 18.5. The first kappa shape index (κ1) is 22.5. The van der Waals surface area contributed by atoms with Gasteiger partial charge in [-0.3, -0.25) is 0 Å². The van der Waals surface area contributed by atoms with Crippen LogP contribution in [0.2, 0.25) is 0 Å². The molecule has 0 saturated heterocycles. The SMILES string of the molecule is Cc1ccc2c(C(C)(C)C)cc(-c3cc(CC(C)(C)C)c4ccccc4[n+]3C)c(C)c2c1. The molecule has 0 aliphatic heterocycles. The maximum absolute atomic E-state index is 2.46. The summed E-state index contributed by atoms with van der Waals surface area (Å²) in [4.78, 5) is 0. The number of aromatic nitrogens is 1. The number of benzene rings is 3. The number of pyridine rings is 1. The van der Waals surface area contributed by atoms with Gasteiger partial charge in [0, 0.05) is 23.1 Å². The first-order chi connectivity index (χ1) is 14.9. The molecule has 1 heteroatoms. The summed E-state index contributed by atoms with van der Waals surface area (Å²) in [5.74, 6) is 0. The molecule has 0 saturated carbocycles. The van der Waals surface area contributed by atoms with Crippen molar-refractivity contribution in [2.75, 3.05) is 0 Å². The summed E-state index contributed by atoms with van der Waals surface area (Å²) in [7, 11) is 2.22. The Hall–Kier alpha value is -2.67. The molecule has 3 aromatic carbocycles. The molecule has 0 unspecified atom stereocenters. The molecule has 1 aromatic heterocycles. The lowest BCUT2D eigenvalue weighted by atomic mass is 9.80. The van der Waals surface area contributed by atoms with Crippen LogP contribution in [0.5, 0.6) is 0 Å². The molecular formula is C31H38N+. The molecule has 166 valence electrons. The molecule has 0 N–H and O–H groups in total. The van der Waals surface area contributed by atoms with Crippen molar-refractivity contribution in [1.82, 2.24) is 0 Å². The highest BCUT2D eigenvalue weighted by Crippen LogP contribution is 2.38. The highest BCUT2D eigenvalue weighted by Gasteiger charge is 2.26. The average Bonchev–Trinajstić information content (AvgIpc) is 2.69. The fourth-order valence-electron chi connectivity index (χ4n) is 5.05. The van der Waals surface area contributed by atoms with Crippen LogP contribution in [0.15, 0.2) is 54.6 Å². The predicted molar refractivity (Wildman–Crippen MR) is 139 cm³/mol. The smallest absolute Gasteiger partial charge is 0.194 e. The van der Waals surface area contributed by atoms with Crippen LogP contribution in [0.3, 0.4) is 0 Å². The van der Waals surface area contributed by atoms with Gasteiger partial charge in [-0.25, -0.2) is 0 Å². The van der Waals surface area contributed by atoms with Crippen molar-refractivity contribution in [3.63, 3.8) is 0 Å². The fraction of sp³-hybridized carbons (Fsp3) is 0.387. The Kier molecular flexibility index (Phi) is 5.44. The maximum atomic E-state index is 2.46. The molecule has 1 nitrogen and oxygen atoms in total. The third-order valence-corrected chi connectivity index (χ3v) is 6.65. The largest absolute Gasteiger partial charge is 0.213 e. The number of fused-ring (bicyclic) bond motifs is 2. The van der Waals surface area contributed by atoms with Crippen LogP contribution >= 0.6 is 0 Å². The number of nitrogens with zero attached hydrogens (tertiary/aromatic N) is 1. The number of aryl methyl sites for hydroxylation is 3. The zero-order valence-electron chi connectivity index (χ0n) is 21.4. The summed E-state index contributed by atoms with van der Waals surface area (Å²) in [5, 5.41) is 4.11.